The van der Waals surface area contributed by atoms with Gasteiger partial charge in [-0.3, -0.25) is 0 Å². The summed E-state index contributed by atoms with van der Waals surface area (Å²) in [6, 6.07) is 11.7. The molecular weight excluding hydrogens is 377 g/mol. The lowest BCUT2D eigenvalue weighted by atomic mass is 9.99. The molecule has 0 heterocycles. The molecule has 2 rings (SSSR count). The van der Waals surface area contributed by atoms with Crippen molar-refractivity contribution in [2.75, 3.05) is 6.61 Å². The van der Waals surface area contributed by atoms with Crippen molar-refractivity contribution < 1.29 is 23.2 Å². The first kappa shape index (κ1) is 20.7. The van der Waals surface area contributed by atoms with Crippen LogP contribution in [0.5, 0.6) is 5.75 Å². The second-order valence-electron chi connectivity index (χ2n) is 7.10. The molecule has 142 valence electrons. The van der Waals surface area contributed by atoms with Crippen molar-refractivity contribution in [2.24, 2.45) is 5.41 Å². The number of hydrogen-bond acceptors (Lipinski definition) is 6. The van der Waals surface area contributed by atoms with Crippen LogP contribution in [0, 0.1) is 5.41 Å². The molecule has 0 bridgehead atoms. The summed E-state index contributed by atoms with van der Waals surface area (Å²) < 4.78 is 22.6. The van der Waals surface area contributed by atoms with E-state index < -0.39 is 19.0 Å². The van der Waals surface area contributed by atoms with Crippen molar-refractivity contribution in [3.63, 3.8) is 0 Å². The molecule has 8 heteroatoms. The topological polar surface area (TPSA) is 73.9 Å². The maximum atomic E-state index is 12.4. The van der Waals surface area contributed by atoms with Crippen LogP contribution in [0.3, 0.4) is 0 Å². The van der Waals surface area contributed by atoms with Gasteiger partial charge in [0.1, 0.15) is 11.8 Å². The van der Waals surface area contributed by atoms with E-state index in [1.54, 1.807) is 18.2 Å². The Hall–Kier alpha value is -1.59. The summed E-state index contributed by atoms with van der Waals surface area (Å²) in [5.74, 6) is -0.559. The summed E-state index contributed by atoms with van der Waals surface area (Å²) in [6.45, 7) is 3.70. The van der Waals surface area contributed by atoms with Crippen molar-refractivity contribution in [3.8, 4) is 5.75 Å². The van der Waals surface area contributed by atoms with Gasteiger partial charge in [-0.1, -0.05) is 57.2 Å². The monoisotopic (exact) mass is 399 g/mol. The highest BCUT2D eigenvalue weighted by atomic mass is 35.7. The molecule has 2 atom stereocenters. The molecule has 26 heavy (non-hydrogen) atoms. The summed E-state index contributed by atoms with van der Waals surface area (Å²) in [6.07, 6.45) is 0. The number of fused-ring (bicyclic) bond motifs is 1. The van der Waals surface area contributed by atoms with Crippen molar-refractivity contribution in [2.45, 2.75) is 33.7 Å². The predicted molar refractivity (Wildman–Crippen MR) is 102 cm³/mol. The Bertz CT molecular complexity index is 815. The Morgan fingerprint density at radius 1 is 1.19 bits per heavy atom. The molecule has 0 aliphatic rings. The van der Waals surface area contributed by atoms with Crippen LogP contribution in [-0.2, 0) is 18.7 Å². The number of hydrogen-bond donors (Lipinski definition) is 1. The Morgan fingerprint density at radius 3 is 2.54 bits per heavy atom. The quantitative estimate of drug-likeness (QED) is 0.518. The molecule has 1 N–H and O–H groups in total. The van der Waals surface area contributed by atoms with Crippen LogP contribution < -0.4 is 10.0 Å². The van der Waals surface area contributed by atoms with E-state index in [-0.39, 0.29) is 11.2 Å². The summed E-state index contributed by atoms with van der Waals surface area (Å²) in [4.78, 5) is 17.3. The first-order valence-corrected chi connectivity index (χ1v) is 10.6. The Labute approximate surface area is 158 Å². The molecular formula is C18H23ClNO5P. The maximum absolute atomic E-state index is 12.4. The highest BCUT2D eigenvalue weighted by Gasteiger charge is 2.31. The van der Waals surface area contributed by atoms with Crippen molar-refractivity contribution >= 4 is 34.9 Å². The first-order valence-electron chi connectivity index (χ1n) is 8.15. The largest absolute Gasteiger partial charge is 0.532 e. The molecule has 6 nitrogen and oxygen atoms in total. The molecule has 0 saturated carbocycles. The van der Waals surface area contributed by atoms with Gasteiger partial charge in [-0.2, -0.15) is 5.48 Å². The molecule has 0 spiro atoms. The Balaban J connectivity index is 1.99. The minimum atomic E-state index is -4.17. The molecule has 2 aromatic rings. The van der Waals surface area contributed by atoms with Crippen LogP contribution in [0.4, 0.5) is 0 Å². The van der Waals surface area contributed by atoms with Gasteiger partial charge in [0.15, 0.2) is 0 Å². The molecule has 0 fully saturated rings. The highest BCUT2D eigenvalue weighted by Crippen LogP contribution is 2.54. The van der Waals surface area contributed by atoms with E-state index in [4.69, 9.17) is 25.1 Å². The Kier molecular flexibility index (Phi) is 6.69. The van der Waals surface area contributed by atoms with Gasteiger partial charge in [0.05, 0.1) is 6.61 Å². The fourth-order valence-electron chi connectivity index (χ4n) is 2.03. The summed E-state index contributed by atoms with van der Waals surface area (Å²) in [5.41, 5.74) is 2.47. The second kappa shape index (κ2) is 8.40. The van der Waals surface area contributed by atoms with E-state index in [1.807, 2.05) is 45.0 Å². The van der Waals surface area contributed by atoms with Crippen molar-refractivity contribution in [1.29, 1.82) is 0 Å². The average Bonchev–Trinajstić information content (AvgIpc) is 2.53. The number of hydroxylamine groups is 1. The molecule has 2 aromatic carbocycles. The number of carbonyl (C=O) groups excluding carboxylic acids is 1. The minimum Gasteiger partial charge on any atom is -0.404 e. The number of benzene rings is 2. The number of nitrogens with one attached hydrogen (secondary N) is 1. The average molecular weight is 400 g/mol. The van der Waals surface area contributed by atoms with Crippen LogP contribution in [0.15, 0.2) is 42.5 Å². The van der Waals surface area contributed by atoms with E-state index >= 15 is 0 Å². The normalized spacial score (nSPS) is 15.3. The zero-order valence-electron chi connectivity index (χ0n) is 15.2. The van der Waals surface area contributed by atoms with E-state index in [1.165, 1.54) is 6.92 Å². The molecule has 0 radical (unpaired) electrons. The smallest absolute Gasteiger partial charge is 0.404 e. The van der Waals surface area contributed by atoms with E-state index in [0.29, 0.717) is 12.0 Å². The number of carbonyl (C=O) groups is 1. The van der Waals surface area contributed by atoms with E-state index in [2.05, 4.69) is 5.48 Å². The van der Waals surface area contributed by atoms with Crippen LogP contribution in [0.1, 0.15) is 27.7 Å². The second-order valence-corrected chi connectivity index (χ2v) is 9.57. The van der Waals surface area contributed by atoms with Gasteiger partial charge >= 0.3 is 12.9 Å². The Morgan fingerprint density at radius 2 is 1.85 bits per heavy atom. The lowest BCUT2D eigenvalue weighted by molar-refractivity contribution is -0.141. The van der Waals surface area contributed by atoms with Gasteiger partial charge in [-0.15, -0.1) is 0 Å². The summed E-state index contributed by atoms with van der Waals surface area (Å²) >= 11 is 5.84. The van der Waals surface area contributed by atoms with Crippen LogP contribution in [0.25, 0.3) is 10.8 Å². The lowest BCUT2D eigenvalue weighted by Crippen LogP contribution is -2.36. The summed E-state index contributed by atoms with van der Waals surface area (Å²) in [5, 5.41) is 1.60. The molecule has 0 aromatic heterocycles. The van der Waals surface area contributed by atoms with Gasteiger partial charge < -0.3 is 13.9 Å². The highest BCUT2D eigenvalue weighted by molar-refractivity contribution is 7.82. The van der Waals surface area contributed by atoms with Gasteiger partial charge in [-0.05, 0) is 23.8 Å². The van der Waals surface area contributed by atoms with Crippen LogP contribution in [0.2, 0.25) is 0 Å². The molecule has 0 aliphatic heterocycles. The number of rotatable bonds is 7. The van der Waals surface area contributed by atoms with Gasteiger partial charge in [-0.25, -0.2) is 9.36 Å². The number of halogens is 1. The molecule has 1 unspecified atom stereocenters. The third kappa shape index (κ3) is 6.29. The van der Waals surface area contributed by atoms with Gasteiger partial charge in [0.25, 0.3) is 0 Å². The fourth-order valence-corrected chi connectivity index (χ4v) is 3.26. The van der Waals surface area contributed by atoms with E-state index in [0.717, 1.165) is 5.39 Å². The van der Waals surface area contributed by atoms with Crippen LogP contribution >= 0.6 is 18.2 Å². The van der Waals surface area contributed by atoms with Gasteiger partial charge in [0.2, 0.25) is 0 Å². The SMILES string of the molecule is C[C@H](NOCC(C)(C)C)C(=O)OP(=O)(Cl)Oc1cccc2ccccc12. The fraction of sp³-hybridized carbons (Fsp3) is 0.389. The molecule has 0 amide bonds. The minimum absolute atomic E-state index is 0.0735. The summed E-state index contributed by atoms with van der Waals surface area (Å²) in [7, 11) is 0. The van der Waals surface area contributed by atoms with Crippen molar-refractivity contribution in [1.82, 2.24) is 5.48 Å². The zero-order chi connectivity index (χ0) is 19.4. The lowest BCUT2D eigenvalue weighted by Gasteiger charge is -2.20. The zero-order valence-corrected chi connectivity index (χ0v) is 16.8. The molecule has 0 saturated heterocycles. The maximum Gasteiger partial charge on any atom is 0.532 e. The standard InChI is InChI=1S/C18H23ClNO5P/c1-13(20-23-12-18(2,3)4)17(21)25-26(19,22)24-16-11-7-9-14-8-5-6-10-15(14)16/h5-11,13,20H,12H2,1-4H3/t13-,26?/m0/s1. The van der Waals surface area contributed by atoms with Crippen LogP contribution in [-0.4, -0.2) is 18.6 Å². The van der Waals surface area contributed by atoms with Crippen molar-refractivity contribution in [3.05, 3.63) is 42.5 Å². The first-order chi connectivity index (χ1) is 12.1. The van der Waals surface area contributed by atoms with Gasteiger partial charge in [0, 0.05) is 16.6 Å². The molecule has 0 aliphatic carbocycles. The van der Waals surface area contributed by atoms with E-state index in [9.17, 15) is 9.36 Å². The third-order valence-electron chi connectivity index (χ3n) is 3.27. The third-order valence-corrected chi connectivity index (χ3v) is 4.50. The predicted octanol–water partition coefficient (Wildman–Crippen LogP) is 5.06.